The summed E-state index contributed by atoms with van der Waals surface area (Å²) in [4.78, 5) is 0. The van der Waals surface area contributed by atoms with Gasteiger partial charge >= 0.3 is 0 Å². The Morgan fingerprint density at radius 1 is 1.09 bits per heavy atom. The molecule has 22 heavy (non-hydrogen) atoms. The molecule has 0 aliphatic rings. The molecule has 0 N–H and O–H groups in total. The van der Waals surface area contributed by atoms with E-state index in [0.717, 1.165) is 22.1 Å². The highest BCUT2D eigenvalue weighted by Gasteiger charge is 2.11. The van der Waals surface area contributed by atoms with Crippen molar-refractivity contribution < 1.29 is 4.74 Å². The van der Waals surface area contributed by atoms with E-state index in [4.69, 9.17) is 4.74 Å². The van der Waals surface area contributed by atoms with Crippen molar-refractivity contribution >= 4 is 22.5 Å². The maximum Gasteiger partial charge on any atom is 0.191 e. The molecule has 0 radical (unpaired) electrons. The van der Waals surface area contributed by atoms with Crippen LogP contribution >= 0.6 is 11.8 Å². The SMILES string of the molecule is CC(C)Sc1nnc(COc2cccc3ccccc23)n1C. The highest BCUT2D eigenvalue weighted by Crippen LogP contribution is 2.26. The van der Waals surface area contributed by atoms with E-state index in [0.29, 0.717) is 11.9 Å². The fourth-order valence-corrected chi connectivity index (χ4v) is 3.02. The van der Waals surface area contributed by atoms with Crippen molar-refractivity contribution in [1.29, 1.82) is 0 Å². The average molecular weight is 313 g/mol. The van der Waals surface area contributed by atoms with Crippen LogP contribution in [0.25, 0.3) is 10.8 Å². The lowest BCUT2D eigenvalue weighted by Crippen LogP contribution is -2.05. The molecule has 0 bridgehead atoms. The Labute approximate surface area is 134 Å². The van der Waals surface area contributed by atoms with E-state index in [1.807, 2.05) is 35.9 Å². The molecule has 4 nitrogen and oxygen atoms in total. The molecule has 2 aromatic carbocycles. The zero-order valence-corrected chi connectivity index (χ0v) is 13.8. The smallest absolute Gasteiger partial charge is 0.191 e. The predicted octanol–water partition coefficient (Wildman–Crippen LogP) is 4.05. The number of ether oxygens (including phenoxy) is 1. The van der Waals surface area contributed by atoms with E-state index in [9.17, 15) is 0 Å². The first-order valence-electron chi connectivity index (χ1n) is 7.30. The third-order valence-electron chi connectivity index (χ3n) is 3.37. The average Bonchev–Trinajstić information content (AvgIpc) is 2.85. The molecular weight excluding hydrogens is 294 g/mol. The molecule has 1 heterocycles. The zero-order valence-electron chi connectivity index (χ0n) is 13.0. The van der Waals surface area contributed by atoms with Gasteiger partial charge in [0.1, 0.15) is 12.4 Å². The van der Waals surface area contributed by atoms with Crippen LogP contribution in [0.15, 0.2) is 47.6 Å². The van der Waals surface area contributed by atoms with E-state index in [1.165, 1.54) is 5.39 Å². The molecule has 0 unspecified atom stereocenters. The summed E-state index contributed by atoms with van der Waals surface area (Å²) in [6, 6.07) is 14.3. The number of fused-ring (bicyclic) bond motifs is 1. The predicted molar refractivity (Wildman–Crippen MR) is 90.3 cm³/mol. The molecule has 114 valence electrons. The molecule has 0 fully saturated rings. The van der Waals surface area contributed by atoms with Crippen LogP contribution in [-0.4, -0.2) is 20.0 Å². The Hall–Kier alpha value is -2.01. The first kappa shape index (κ1) is 14.9. The van der Waals surface area contributed by atoms with Crippen molar-refractivity contribution in [2.45, 2.75) is 30.9 Å². The summed E-state index contributed by atoms with van der Waals surface area (Å²) in [5.74, 6) is 1.70. The molecule has 3 aromatic rings. The number of rotatable bonds is 5. The van der Waals surface area contributed by atoms with Gasteiger partial charge in [0, 0.05) is 17.7 Å². The van der Waals surface area contributed by atoms with Gasteiger partial charge in [-0.15, -0.1) is 10.2 Å². The monoisotopic (exact) mass is 313 g/mol. The minimum absolute atomic E-state index is 0.413. The van der Waals surface area contributed by atoms with Gasteiger partial charge in [-0.3, -0.25) is 0 Å². The molecule has 1 aromatic heterocycles. The second-order valence-electron chi connectivity index (χ2n) is 5.39. The number of thioether (sulfide) groups is 1. The molecule has 0 atom stereocenters. The molecule has 0 aliphatic carbocycles. The number of hydrogen-bond acceptors (Lipinski definition) is 4. The number of aromatic nitrogens is 3. The quantitative estimate of drug-likeness (QED) is 0.666. The lowest BCUT2D eigenvalue weighted by Gasteiger charge is -2.09. The molecule has 3 rings (SSSR count). The molecule has 0 spiro atoms. The minimum Gasteiger partial charge on any atom is -0.485 e. The van der Waals surface area contributed by atoms with Crippen molar-refractivity contribution in [1.82, 2.24) is 14.8 Å². The van der Waals surface area contributed by atoms with Crippen molar-refractivity contribution in [3.8, 4) is 5.75 Å². The summed E-state index contributed by atoms with van der Waals surface area (Å²) >= 11 is 1.70. The van der Waals surface area contributed by atoms with Crippen molar-refractivity contribution in [2.75, 3.05) is 0 Å². The lowest BCUT2D eigenvalue weighted by atomic mass is 10.1. The van der Waals surface area contributed by atoms with Crippen LogP contribution in [0.1, 0.15) is 19.7 Å². The van der Waals surface area contributed by atoms with Crippen LogP contribution in [0.2, 0.25) is 0 Å². The van der Waals surface area contributed by atoms with Crippen LogP contribution in [0.5, 0.6) is 5.75 Å². The number of benzene rings is 2. The first-order chi connectivity index (χ1) is 10.6. The highest BCUT2D eigenvalue weighted by molar-refractivity contribution is 7.99. The first-order valence-corrected chi connectivity index (χ1v) is 8.18. The number of nitrogens with zero attached hydrogens (tertiary/aromatic N) is 3. The molecule has 0 amide bonds. The molecule has 0 saturated carbocycles. The van der Waals surface area contributed by atoms with E-state index >= 15 is 0 Å². The summed E-state index contributed by atoms with van der Waals surface area (Å²) in [5, 5.41) is 12.2. The molecule has 5 heteroatoms. The third-order valence-corrected chi connectivity index (χ3v) is 4.41. The standard InChI is InChI=1S/C17H19N3OS/c1-12(2)22-17-19-18-16(20(17)3)11-21-15-10-6-8-13-7-4-5-9-14(13)15/h4-10,12H,11H2,1-3H3. The van der Waals surface area contributed by atoms with E-state index < -0.39 is 0 Å². The van der Waals surface area contributed by atoms with Gasteiger partial charge in [0.2, 0.25) is 0 Å². The van der Waals surface area contributed by atoms with Crippen LogP contribution < -0.4 is 4.74 Å². The largest absolute Gasteiger partial charge is 0.485 e. The molecular formula is C17H19N3OS. The van der Waals surface area contributed by atoms with Gasteiger partial charge in [0.25, 0.3) is 0 Å². The summed E-state index contributed by atoms with van der Waals surface area (Å²) in [7, 11) is 1.98. The second kappa shape index (κ2) is 6.40. The maximum atomic E-state index is 5.97. The summed E-state index contributed by atoms with van der Waals surface area (Å²) in [6.45, 7) is 4.70. The van der Waals surface area contributed by atoms with Crippen LogP contribution in [0, 0.1) is 0 Å². The minimum atomic E-state index is 0.413. The molecule has 0 saturated heterocycles. The van der Waals surface area contributed by atoms with E-state index in [1.54, 1.807) is 11.8 Å². The molecule has 0 aliphatic heterocycles. The maximum absolute atomic E-state index is 5.97. The number of hydrogen-bond donors (Lipinski definition) is 0. The van der Waals surface area contributed by atoms with Gasteiger partial charge in [-0.2, -0.15) is 0 Å². The van der Waals surface area contributed by atoms with Crippen LogP contribution in [-0.2, 0) is 13.7 Å². The topological polar surface area (TPSA) is 39.9 Å². The summed E-state index contributed by atoms with van der Waals surface area (Å²) in [5.41, 5.74) is 0. The van der Waals surface area contributed by atoms with Crippen LogP contribution in [0.3, 0.4) is 0 Å². The van der Waals surface area contributed by atoms with Gasteiger partial charge in [-0.05, 0) is 11.5 Å². The Balaban J connectivity index is 1.78. The lowest BCUT2D eigenvalue weighted by molar-refractivity contribution is 0.294. The van der Waals surface area contributed by atoms with Gasteiger partial charge in [0.15, 0.2) is 11.0 Å². The van der Waals surface area contributed by atoms with Crippen molar-refractivity contribution in [2.24, 2.45) is 7.05 Å². The Kier molecular flexibility index (Phi) is 4.34. The zero-order chi connectivity index (χ0) is 15.5. The Bertz CT molecular complexity index is 777. The van der Waals surface area contributed by atoms with E-state index in [2.05, 4.69) is 42.2 Å². The second-order valence-corrected chi connectivity index (χ2v) is 6.93. The van der Waals surface area contributed by atoms with E-state index in [-0.39, 0.29) is 0 Å². The van der Waals surface area contributed by atoms with Crippen molar-refractivity contribution in [3.05, 3.63) is 48.3 Å². The fraction of sp³-hybridized carbons (Fsp3) is 0.294. The Morgan fingerprint density at radius 3 is 2.68 bits per heavy atom. The van der Waals surface area contributed by atoms with Gasteiger partial charge < -0.3 is 9.30 Å². The fourth-order valence-electron chi connectivity index (χ4n) is 2.25. The van der Waals surface area contributed by atoms with Crippen molar-refractivity contribution in [3.63, 3.8) is 0 Å². The normalized spacial score (nSPS) is 11.3. The summed E-state index contributed by atoms with van der Waals surface area (Å²) in [6.07, 6.45) is 0. The highest BCUT2D eigenvalue weighted by atomic mass is 32.2. The Morgan fingerprint density at radius 2 is 1.86 bits per heavy atom. The van der Waals surface area contributed by atoms with Gasteiger partial charge in [0.05, 0.1) is 0 Å². The van der Waals surface area contributed by atoms with Gasteiger partial charge in [-0.1, -0.05) is 62.0 Å². The summed E-state index contributed by atoms with van der Waals surface area (Å²) < 4.78 is 7.97. The third kappa shape index (κ3) is 3.09. The van der Waals surface area contributed by atoms with Crippen LogP contribution in [0.4, 0.5) is 0 Å². The van der Waals surface area contributed by atoms with Gasteiger partial charge in [-0.25, -0.2) is 0 Å².